The van der Waals surface area contributed by atoms with E-state index in [-0.39, 0.29) is 5.41 Å². The van der Waals surface area contributed by atoms with Crippen LogP contribution in [0.5, 0.6) is 5.75 Å². The summed E-state index contributed by atoms with van der Waals surface area (Å²) in [6.07, 6.45) is 0. The Hall–Kier alpha value is -2.65. The molecule has 3 heteroatoms. The molecule has 3 nitrogen and oxygen atoms in total. The van der Waals surface area contributed by atoms with Crippen LogP contribution in [0.1, 0.15) is 48.7 Å². The third-order valence-corrected chi connectivity index (χ3v) is 5.08. The molecular weight excluding hydrogens is 358 g/mol. The molecule has 3 aromatic rings. The second kappa shape index (κ2) is 8.79. The third-order valence-electron chi connectivity index (χ3n) is 5.08. The second-order valence-corrected chi connectivity index (χ2v) is 8.58. The van der Waals surface area contributed by atoms with Gasteiger partial charge in [0, 0.05) is 30.0 Å². The van der Waals surface area contributed by atoms with E-state index in [1.807, 2.05) is 31.2 Å². The molecule has 0 atom stereocenters. The fourth-order valence-corrected chi connectivity index (χ4v) is 3.44. The summed E-state index contributed by atoms with van der Waals surface area (Å²) < 4.78 is 11.7. The Balaban J connectivity index is 2.03. The van der Waals surface area contributed by atoms with Crippen molar-refractivity contribution in [2.75, 3.05) is 7.11 Å². The molecule has 29 heavy (non-hydrogen) atoms. The minimum Gasteiger partial charge on any atom is -0.488 e. The Morgan fingerprint density at radius 1 is 0.897 bits per heavy atom. The molecule has 0 bridgehead atoms. The molecule has 0 N–H and O–H groups in total. The van der Waals surface area contributed by atoms with E-state index in [2.05, 4.69) is 58.0 Å². The first kappa shape index (κ1) is 21.1. The molecule has 0 amide bonds. The minimum atomic E-state index is 0.114. The number of nitrogens with zero attached hydrogens (tertiary/aromatic N) is 1. The monoisotopic (exact) mass is 389 g/mol. The zero-order chi connectivity index (χ0) is 21.0. The molecule has 0 radical (unpaired) electrons. The lowest BCUT2D eigenvalue weighted by Gasteiger charge is -2.22. The Morgan fingerprint density at radius 2 is 1.62 bits per heavy atom. The van der Waals surface area contributed by atoms with Gasteiger partial charge in [0.25, 0.3) is 0 Å². The fourth-order valence-electron chi connectivity index (χ4n) is 3.44. The fraction of sp³-hybridized carbons (Fsp3) is 0.346. The Kier molecular flexibility index (Phi) is 6.39. The predicted molar refractivity (Wildman–Crippen MR) is 119 cm³/mol. The van der Waals surface area contributed by atoms with Crippen LogP contribution in [0.3, 0.4) is 0 Å². The molecule has 0 saturated heterocycles. The van der Waals surface area contributed by atoms with E-state index in [1.165, 1.54) is 11.1 Å². The third kappa shape index (κ3) is 5.04. The number of rotatable bonds is 6. The quantitative estimate of drug-likeness (QED) is 0.489. The highest BCUT2D eigenvalue weighted by molar-refractivity contribution is 5.70. The minimum absolute atomic E-state index is 0.114. The van der Waals surface area contributed by atoms with Crippen LogP contribution in [0.25, 0.3) is 11.3 Å². The van der Waals surface area contributed by atoms with Crippen LogP contribution in [-0.4, -0.2) is 12.1 Å². The van der Waals surface area contributed by atoms with Crippen LogP contribution in [0.2, 0.25) is 0 Å². The first-order valence-electron chi connectivity index (χ1n) is 10.1. The van der Waals surface area contributed by atoms with E-state index >= 15 is 0 Å². The van der Waals surface area contributed by atoms with Gasteiger partial charge < -0.3 is 9.47 Å². The summed E-state index contributed by atoms with van der Waals surface area (Å²) in [7, 11) is 1.71. The first-order valence-corrected chi connectivity index (χ1v) is 10.1. The Labute approximate surface area is 174 Å². The number of aromatic nitrogens is 1. The summed E-state index contributed by atoms with van der Waals surface area (Å²) in [6.45, 7) is 11.8. The molecule has 0 aliphatic heterocycles. The van der Waals surface area contributed by atoms with Gasteiger partial charge in [0.15, 0.2) is 0 Å². The maximum Gasteiger partial charge on any atom is 0.129 e. The van der Waals surface area contributed by atoms with Gasteiger partial charge in [-0.05, 0) is 36.0 Å². The van der Waals surface area contributed by atoms with Crippen molar-refractivity contribution in [3.8, 4) is 17.0 Å². The average molecular weight is 390 g/mol. The topological polar surface area (TPSA) is 31.4 Å². The van der Waals surface area contributed by atoms with Crippen molar-refractivity contribution in [3.05, 3.63) is 82.5 Å². The van der Waals surface area contributed by atoms with Crippen LogP contribution in [0, 0.1) is 13.8 Å². The van der Waals surface area contributed by atoms with Crippen LogP contribution in [0.15, 0.2) is 54.6 Å². The molecule has 2 aromatic carbocycles. The molecule has 0 fully saturated rings. The number of hydrogen-bond acceptors (Lipinski definition) is 3. The molecule has 0 spiro atoms. The van der Waals surface area contributed by atoms with E-state index in [0.717, 1.165) is 33.8 Å². The largest absolute Gasteiger partial charge is 0.488 e. The maximum atomic E-state index is 6.22. The van der Waals surface area contributed by atoms with E-state index in [1.54, 1.807) is 7.11 Å². The summed E-state index contributed by atoms with van der Waals surface area (Å²) in [4.78, 5) is 4.87. The molecule has 0 saturated carbocycles. The number of benzene rings is 2. The van der Waals surface area contributed by atoms with Crippen molar-refractivity contribution in [1.29, 1.82) is 0 Å². The summed E-state index contributed by atoms with van der Waals surface area (Å²) in [6, 6.07) is 18.8. The summed E-state index contributed by atoms with van der Waals surface area (Å²) in [5.74, 6) is 0.831. The maximum absolute atomic E-state index is 6.22. The van der Waals surface area contributed by atoms with Crippen molar-refractivity contribution in [3.63, 3.8) is 0 Å². The molecule has 1 aromatic heterocycles. The van der Waals surface area contributed by atoms with Gasteiger partial charge >= 0.3 is 0 Å². The van der Waals surface area contributed by atoms with E-state index in [4.69, 9.17) is 14.5 Å². The van der Waals surface area contributed by atoms with Gasteiger partial charge in [-0.2, -0.15) is 0 Å². The smallest absolute Gasteiger partial charge is 0.129 e. The molecule has 0 unspecified atom stereocenters. The van der Waals surface area contributed by atoms with Crippen molar-refractivity contribution in [1.82, 2.24) is 4.98 Å². The lowest BCUT2D eigenvalue weighted by molar-refractivity contribution is 0.179. The summed E-state index contributed by atoms with van der Waals surface area (Å²) in [5.41, 5.74) is 7.76. The number of hydrogen-bond donors (Lipinski definition) is 0. The molecule has 3 rings (SSSR count). The van der Waals surface area contributed by atoms with Crippen LogP contribution in [0.4, 0.5) is 0 Å². The highest BCUT2D eigenvalue weighted by Gasteiger charge is 2.19. The highest BCUT2D eigenvalue weighted by Crippen LogP contribution is 2.35. The molecule has 1 heterocycles. The Bertz CT molecular complexity index is 972. The van der Waals surface area contributed by atoms with E-state index in [9.17, 15) is 0 Å². The van der Waals surface area contributed by atoms with Gasteiger partial charge in [-0.25, -0.2) is 0 Å². The highest BCUT2D eigenvalue weighted by atomic mass is 16.5. The van der Waals surface area contributed by atoms with Crippen molar-refractivity contribution in [2.45, 2.75) is 53.2 Å². The van der Waals surface area contributed by atoms with Crippen LogP contribution >= 0.6 is 0 Å². The molecule has 0 aliphatic carbocycles. The average Bonchev–Trinajstić information content (AvgIpc) is 2.68. The lowest BCUT2D eigenvalue weighted by atomic mass is 9.85. The summed E-state index contributed by atoms with van der Waals surface area (Å²) >= 11 is 0. The number of ether oxygens (including phenoxy) is 2. The van der Waals surface area contributed by atoms with Gasteiger partial charge in [-0.15, -0.1) is 0 Å². The molecule has 152 valence electrons. The van der Waals surface area contributed by atoms with Gasteiger partial charge in [0.2, 0.25) is 0 Å². The van der Waals surface area contributed by atoms with Gasteiger partial charge in [0.1, 0.15) is 12.4 Å². The van der Waals surface area contributed by atoms with Crippen molar-refractivity contribution < 1.29 is 9.47 Å². The first-order chi connectivity index (χ1) is 13.8. The van der Waals surface area contributed by atoms with Crippen LogP contribution in [-0.2, 0) is 23.4 Å². The SMILES string of the molecule is COCc1c(OCc2ccccc2)cc(C)nc1-c1ccc(C(C)(C)C)cc1C. The summed E-state index contributed by atoms with van der Waals surface area (Å²) in [5, 5.41) is 0. The zero-order valence-electron chi connectivity index (χ0n) is 18.4. The van der Waals surface area contributed by atoms with Crippen molar-refractivity contribution >= 4 is 0 Å². The lowest BCUT2D eigenvalue weighted by Crippen LogP contribution is -2.11. The Morgan fingerprint density at radius 3 is 2.24 bits per heavy atom. The van der Waals surface area contributed by atoms with E-state index < -0.39 is 0 Å². The zero-order valence-corrected chi connectivity index (χ0v) is 18.4. The van der Waals surface area contributed by atoms with Gasteiger partial charge in [-0.1, -0.05) is 69.3 Å². The number of methoxy groups -OCH3 is 1. The predicted octanol–water partition coefficient (Wildman–Crippen LogP) is 6.39. The molecular formula is C26H31NO2. The number of aryl methyl sites for hydroxylation is 2. The second-order valence-electron chi connectivity index (χ2n) is 8.58. The van der Waals surface area contributed by atoms with E-state index in [0.29, 0.717) is 13.2 Å². The number of pyridine rings is 1. The van der Waals surface area contributed by atoms with Crippen LogP contribution < -0.4 is 4.74 Å². The normalized spacial score (nSPS) is 11.5. The van der Waals surface area contributed by atoms with Gasteiger partial charge in [0.05, 0.1) is 12.3 Å². The van der Waals surface area contributed by atoms with Crippen molar-refractivity contribution in [2.24, 2.45) is 0 Å². The van der Waals surface area contributed by atoms with Gasteiger partial charge in [-0.3, -0.25) is 4.98 Å². The molecule has 0 aliphatic rings. The standard InChI is InChI=1S/C26H31NO2/c1-18-14-21(26(3,4)5)12-13-22(18)25-23(17-28-6)24(15-19(2)27-25)29-16-20-10-8-7-9-11-20/h7-15H,16-17H2,1-6H3.